The number of likely N-dealkylation sites (tertiary alicyclic amines) is 2. The second kappa shape index (κ2) is 23.0. The molecule has 4 N–H and O–H groups in total. The number of amides is 6. The van der Waals surface area contributed by atoms with Crippen molar-refractivity contribution in [2.75, 3.05) is 42.8 Å². The molecule has 7 rings (SSSR count). The fraction of sp³-hybridized carbons (Fsp3) is 0.308. The summed E-state index contributed by atoms with van der Waals surface area (Å²) in [5, 5.41) is 11.3. The molecule has 6 amide bonds. The van der Waals surface area contributed by atoms with Gasteiger partial charge in [-0.3, -0.25) is 19.2 Å². The summed E-state index contributed by atoms with van der Waals surface area (Å²) in [4.78, 5) is 84.8. The second-order valence-electron chi connectivity index (χ2n) is 16.7. The average molecular weight is 908 g/mol. The van der Waals surface area contributed by atoms with Gasteiger partial charge in [-0.1, -0.05) is 103 Å². The monoisotopic (exact) mass is 907 g/mol. The van der Waals surface area contributed by atoms with Gasteiger partial charge in [0.15, 0.2) is 0 Å². The summed E-state index contributed by atoms with van der Waals surface area (Å²) in [7, 11) is 2.49. The van der Waals surface area contributed by atoms with Gasteiger partial charge in [0.2, 0.25) is 23.6 Å². The number of hydrogen-bond donors (Lipinski definition) is 4. The van der Waals surface area contributed by atoms with Gasteiger partial charge in [0.25, 0.3) is 0 Å². The maximum Gasteiger partial charge on any atom is 0.407 e. The molecule has 0 spiro atoms. The number of anilines is 3. The van der Waals surface area contributed by atoms with Gasteiger partial charge in [-0.25, -0.2) is 9.59 Å². The fourth-order valence-electron chi connectivity index (χ4n) is 8.66. The number of nitrogens with one attached hydrogen (secondary N) is 4. The lowest BCUT2D eigenvalue weighted by Crippen LogP contribution is -2.53. The minimum atomic E-state index is -0.898. The van der Waals surface area contributed by atoms with Crippen LogP contribution in [0.4, 0.5) is 26.7 Å². The zero-order valence-electron chi connectivity index (χ0n) is 37.8. The van der Waals surface area contributed by atoms with Crippen molar-refractivity contribution in [2.45, 2.75) is 75.8 Å². The SMILES string of the molecule is COC(=O)NC(Cc1ccccc1)C(=O)N1CCC[C@H]1C(=O)Nc1ccc(CN(Cc2ccc(NC(=O)[C@@H]3CCCN3C(=O)[C@H](Cc3ccccc3)NC(=O)OC)cc2)c2ccccc2)cc1. The van der Waals surface area contributed by atoms with E-state index < -0.39 is 36.4 Å². The lowest BCUT2D eigenvalue weighted by Gasteiger charge is -2.28. The van der Waals surface area contributed by atoms with E-state index in [-0.39, 0.29) is 36.5 Å². The number of alkyl carbamates (subject to hydrolysis) is 2. The van der Waals surface area contributed by atoms with E-state index in [1.165, 1.54) is 14.2 Å². The third-order valence-electron chi connectivity index (χ3n) is 12.1. The number of nitrogens with zero attached hydrogens (tertiary/aromatic N) is 3. The van der Waals surface area contributed by atoms with E-state index in [9.17, 15) is 28.8 Å². The molecule has 2 aliphatic heterocycles. The van der Waals surface area contributed by atoms with Crippen molar-refractivity contribution in [1.29, 1.82) is 0 Å². The molecule has 2 fully saturated rings. The van der Waals surface area contributed by atoms with E-state index in [1.807, 2.05) is 140 Å². The van der Waals surface area contributed by atoms with Gasteiger partial charge < -0.3 is 45.4 Å². The van der Waals surface area contributed by atoms with Gasteiger partial charge >= 0.3 is 12.2 Å². The van der Waals surface area contributed by atoms with Crippen molar-refractivity contribution in [1.82, 2.24) is 20.4 Å². The van der Waals surface area contributed by atoms with Gasteiger partial charge in [-0.05, 0) is 84.3 Å². The van der Waals surface area contributed by atoms with Crippen LogP contribution in [0.25, 0.3) is 0 Å². The second-order valence-corrected chi connectivity index (χ2v) is 16.7. The maximum absolute atomic E-state index is 13.8. The lowest BCUT2D eigenvalue weighted by molar-refractivity contribution is -0.138. The molecule has 15 heteroatoms. The van der Waals surface area contributed by atoms with Crippen molar-refractivity contribution in [3.8, 4) is 0 Å². The average Bonchev–Trinajstić information content (AvgIpc) is 4.07. The molecule has 1 unspecified atom stereocenters. The van der Waals surface area contributed by atoms with Crippen molar-refractivity contribution in [3.63, 3.8) is 0 Å². The molecule has 67 heavy (non-hydrogen) atoms. The van der Waals surface area contributed by atoms with E-state index >= 15 is 0 Å². The highest BCUT2D eigenvalue weighted by Crippen LogP contribution is 2.26. The number of carbonyl (C=O) groups is 6. The van der Waals surface area contributed by atoms with E-state index in [2.05, 4.69) is 26.2 Å². The number of hydrogen-bond acceptors (Lipinski definition) is 9. The highest BCUT2D eigenvalue weighted by Gasteiger charge is 2.39. The van der Waals surface area contributed by atoms with Crippen LogP contribution in [0.5, 0.6) is 0 Å². The summed E-state index contributed by atoms with van der Waals surface area (Å²) in [6.45, 7) is 1.90. The summed E-state index contributed by atoms with van der Waals surface area (Å²) >= 11 is 0. The molecule has 15 nitrogen and oxygen atoms in total. The highest BCUT2D eigenvalue weighted by atomic mass is 16.5. The zero-order chi connectivity index (χ0) is 47.1. The molecule has 0 bridgehead atoms. The normalized spacial score (nSPS) is 16.3. The standard InChI is InChI=1S/C52H57N7O8/c1-66-51(64)55-43(32-36-14-6-3-7-15-36)49(62)58-30-12-20-45(58)47(60)53-40-26-22-38(23-27-40)34-57(42-18-10-5-11-19-42)35-39-24-28-41(29-25-39)54-48(61)46-21-13-31-59(46)50(63)44(56-52(65)67-2)33-37-16-8-4-9-17-37/h3-11,14-19,22-29,43-46H,12-13,20-21,30-35H2,1-2H3,(H,53,60)(H,54,61)(H,55,64)(H,56,65)/t43-,44?,45-,46-/m0/s1. The first-order valence-corrected chi connectivity index (χ1v) is 22.6. The van der Waals surface area contributed by atoms with E-state index in [1.54, 1.807) is 9.80 Å². The molecular formula is C52H57N7O8. The van der Waals surface area contributed by atoms with Crippen molar-refractivity contribution < 1.29 is 38.2 Å². The minimum absolute atomic E-state index is 0.256. The Hall–Kier alpha value is -7.68. The van der Waals surface area contributed by atoms with Crippen LogP contribution in [0.3, 0.4) is 0 Å². The number of rotatable bonds is 17. The van der Waals surface area contributed by atoms with Gasteiger partial charge in [0.05, 0.1) is 14.2 Å². The maximum atomic E-state index is 13.8. The molecule has 4 atom stereocenters. The fourth-order valence-corrected chi connectivity index (χ4v) is 8.66. The third kappa shape index (κ3) is 12.8. The number of ether oxygens (including phenoxy) is 2. The predicted octanol–water partition coefficient (Wildman–Crippen LogP) is 6.69. The van der Waals surface area contributed by atoms with E-state index in [0.717, 1.165) is 27.9 Å². The highest BCUT2D eigenvalue weighted by molar-refractivity contribution is 5.99. The Kier molecular flexibility index (Phi) is 16.2. The summed E-state index contributed by atoms with van der Waals surface area (Å²) in [5.41, 5.74) is 5.95. The van der Waals surface area contributed by atoms with Crippen molar-refractivity contribution in [3.05, 3.63) is 162 Å². The number of methoxy groups -OCH3 is 2. The van der Waals surface area contributed by atoms with Crippen LogP contribution in [-0.4, -0.2) is 97.1 Å². The summed E-state index contributed by atoms with van der Waals surface area (Å²) in [5.74, 6) is -1.27. The minimum Gasteiger partial charge on any atom is -0.453 e. The van der Waals surface area contributed by atoms with E-state index in [0.29, 0.717) is 63.2 Å². The third-order valence-corrected chi connectivity index (χ3v) is 12.1. The smallest absolute Gasteiger partial charge is 0.407 e. The quantitative estimate of drug-likeness (QED) is 0.0792. The first-order chi connectivity index (χ1) is 32.6. The van der Waals surface area contributed by atoms with Gasteiger partial charge in [0, 0.05) is 56.1 Å². The number of carbonyl (C=O) groups excluding carboxylic acids is 6. The molecule has 0 aromatic heterocycles. The molecule has 5 aromatic carbocycles. The number of para-hydroxylation sites is 1. The van der Waals surface area contributed by atoms with Gasteiger partial charge in [0.1, 0.15) is 24.2 Å². The van der Waals surface area contributed by atoms with Crippen LogP contribution in [0, 0.1) is 0 Å². The first-order valence-electron chi connectivity index (χ1n) is 22.6. The molecule has 0 radical (unpaired) electrons. The summed E-state index contributed by atoms with van der Waals surface area (Å²) in [6.07, 6.45) is 1.38. The van der Waals surface area contributed by atoms with Crippen LogP contribution < -0.4 is 26.2 Å². The van der Waals surface area contributed by atoms with E-state index in [4.69, 9.17) is 9.47 Å². The Morgan fingerprint density at radius 3 is 1.27 bits per heavy atom. The summed E-state index contributed by atoms with van der Waals surface area (Å²) < 4.78 is 9.60. The van der Waals surface area contributed by atoms with Crippen LogP contribution in [-0.2, 0) is 54.6 Å². The van der Waals surface area contributed by atoms with Crippen LogP contribution in [0.2, 0.25) is 0 Å². The van der Waals surface area contributed by atoms with Crippen LogP contribution in [0.15, 0.2) is 140 Å². The molecule has 348 valence electrons. The van der Waals surface area contributed by atoms with Crippen molar-refractivity contribution in [2.24, 2.45) is 0 Å². The topological polar surface area (TPSA) is 179 Å². The summed E-state index contributed by atoms with van der Waals surface area (Å²) in [6, 6.07) is 40.8. The Morgan fingerprint density at radius 1 is 0.522 bits per heavy atom. The van der Waals surface area contributed by atoms with Gasteiger partial charge in [-0.2, -0.15) is 0 Å². The van der Waals surface area contributed by atoms with Crippen LogP contribution in [0.1, 0.15) is 47.9 Å². The first kappa shape index (κ1) is 47.3. The Bertz CT molecular complexity index is 2300. The Morgan fingerprint density at radius 2 is 0.896 bits per heavy atom. The van der Waals surface area contributed by atoms with Gasteiger partial charge in [-0.15, -0.1) is 0 Å². The Balaban J connectivity index is 0.961. The molecule has 2 heterocycles. The van der Waals surface area contributed by atoms with Crippen molar-refractivity contribution >= 4 is 52.9 Å². The zero-order valence-corrected chi connectivity index (χ0v) is 37.8. The molecular weight excluding hydrogens is 851 g/mol. The molecule has 0 saturated carbocycles. The molecule has 2 aliphatic rings. The Labute approximate surface area is 390 Å². The van der Waals surface area contributed by atoms with Crippen LogP contribution >= 0.6 is 0 Å². The molecule has 0 aliphatic carbocycles. The molecule has 5 aromatic rings. The predicted molar refractivity (Wildman–Crippen MR) is 255 cm³/mol. The lowest BCUT2D eigenvalue weighted by atomic mass is 10.0. The largest absolute Gasteiger partial charge is 0.453 e. The number of benzene rings is 5. The molecule has 2 saturated heterocycles.